The third-order valence-electron chi connectivity index (χ3n) is 4.17. The summed E-state index contributed by atoms with van der Waals surface area (Å²) in [5, 5.41) is 3.25. The van der Waals surface area contributed by atoms with Crippen molar-refractivity contribution in [1.82, 2.24) is 14.9 Å². The standard InChI is InChI=1S/C18H22N4O2/c1-13-7-9-19-18(20-13)21-15-11-17(23)22(12-15)10-8-14-3-5-16(24-2)6-4-14/h3-7,9,15H,8,10-12H2,1-2H3,(H,19,20,21)/t15-/m0/s1. The molecule has 1 N–H and O–H groups in total. The van der Waals surface area contributed by atoms with Crippen molar-refractivity contribution in [1.29, 1.82) is 0 Å². The Labute approximate surface area is 141 Å². The van der Waals surface area contributed by atoms with E-state index in [1.807, 2.05) is 42.2 Å². The van der Waals surface area contributed by atoms with Crippen molar-refractivity contribution in [2.45, 2.75) is 25.8 Å². The first-order valence-corrected chi connectivity index (χ1v) is 8.11. The summed E-state index contributed by atoms with van der Waals surface area (Å²) in [7, 11) is 1.66. The number of likely N-dealkylation sites (tertiary alicyclic amines) is 1. The predicted molar refractivity (Wildman–Crippen MR) is 92.1 cm³/mol. The predicted octanol–water partition coefficient (Wildman–Crippen LogP) is 2.05. The van der Waals surface area contributed by atoms with Gasteiger partial charge < -0.3 is 15.0 Å². The molecule has 126 valence electrons. The summed E-state index contributed by atoms with van der Waals surface area (Å²) < 4.78 is 5.16. The second kappa shape index (κ2) is 7.29. The highest BCUT2D eigenvalue weighted by atomic mass is 16.5. The second-order valence-corrected chi connectivity index (χ2v) is 6.00. The molecule has 1 fully saturated rings. The van der Waals surface area contributed by atoms with Gasteiger partial charge in [-0.3, -0.25) is 4.79 Å². The summed E-state index contributed by atoms with van der Waals surface area (Å²) in [5.74, 6) is 1.61. The van der Waals surface area contributed by atoms with E-state index < -0.39 is 0 Å². The number of carbonyl (C=O) groups is 1. The highest BCUT2D eigenvalue weighted by Gasteiger charge is 2.29. The summed E-state index contributed by atoms with van der Waals surface area (Å²) in [4.78, 5) is 22.6. The Morgan fingerprint density at radius 2 is 2.08 bits per heavy atom. The molecule has 0 saturated carbocycles. The van der Waals surface area contributed by atoms with Gasteiger partial charge in [-0.2, -0.15) is 0 Å². The first-order chi connectivity index (χ1) is 11.6. The number of hydrogen-bond donors (Lipinski definition) is 1. The molecule has 6 nitrogen and oxygen atoms in total. The van der Waals surface area contributed by atoms with Gasteiger partial charge in [-0.05, 0) is 37.1 Å². The van der Waals surface area contributed by atoms with Crippen LogP contribution in [0.15, 0.2) is 36.5 Å². The number of nitrogens with zero attached hydrogens (tertiary/aromatic N) is 3. The summed E-state index contributed by atoms with van der Waals surface area (Å²) in [6, 6.07) is 9.88. The van der Waals surface area contributed by atoms with Gasteiger partial charge in [0.1, 0.15) is 5.75 Å². The van der Waals surface area contributed by atoms with Crippen LogP contribution >= 0.6 is 0 Å². The largest absolute Gasteiger partial charge is 0.497 e. The van der Waals surface area contributed by atoms with Gasteiger partial charge in [0.25, 0.3) is 0 Å². The van der Waals surface area contributed by atoms with Crippen molar-refractivity contribution in [2.75, 3.05) is 25.5 Å². The number of amides is 1. The molecule has 1 aromatic carbocycles. The van der Waals surface area contributed by atoms with E-state index in [1.165, 1.54) is 5.56 Å². The normalized spacial score (nSPS) is 17.2. The summed E-state index contributed by atoms with van der Waals surface area (Å²) in [6.07, 6.45) is 3.05. The van der Waals surface area contributed by atoms with Crippen molar-refractivity contribution < 1.29 is 9.53 Å². The van der Waals surface area contributed by atoms with Gasteiger partial charge >= 0.3 is 0 Å². The maximum Gasteiger partial charge on any atom is 0.224 e. The lowest BCUT2D eigenvalue weighted by molar-refractivity contribution is -0.127. The summed E-state index contributed by atoms with van der Waals surface area (Å²) in [6.45, 7) is 3.33. The maximum atomic E-state index is 12.2. The van der Waals surface area contributed by atoms with Crippen molar-refractivity contribution in [2.24, 2.45) is 0 Å². The fourth-order valence-corrected chi connectivity index (χ4v) is 2.84. The highest BCUT2D eigenvalue weighted by molar-refractivity contribution is 5.79. The van der Waals surface area contributed by atoms with Crippen LogP contribution in [0.4, 0.5) is 5.95 Å². The molecule has 1 aliphatic heterocycles. The Balaban J connectivity index is 1.52. The van der Waals surface area contributed by atoms with Crippen molar-refractivity contribution in [3.05, 3.63) is 47.8 Å². The van der Waals surface area contributed by atoms with Gasteiger partial charge in [0.05, 0.1) is 13.2 Å². The number of nitrogens with one attached hydrogen (secondary N) is 1. The minimum absolute atomic E-state index is 0.0650. The van der Waals surface area contributed by atoms with E-state index in [0.717, 1.165) is 24.4 Å². The minimum Gasteiger partial charge on any atom is -0.497 e. The van der Waals surface area contributed by atoms with Gasteiger partial charge in [-0.1, -0.05) is 12.1 Å². The molecule has 0 bridgehead atoms. The number of aromatic nitrogens is 2. The second-order valence-electron chi connectivity index (χ2n) is 6.00. The van der Waals surface area contributed by atoms with Crippen LogP contribution < -0.4 is 10.1 Å². The summed E-state index contributed by atoms with van der Waals surface area (Å²) in [5.41, 5.74) is 2.11. The Morgan fingerprint density at radius 3 is 2.79 bits per heavy atom. The number of hydrogen-bond acceptors (Lipinski definition) is 5. The molecule has 1 amide bonds. The zero-order valence-electron chi connectivity index (χ0n) is 14.0. The molecule has 2 aromatic rings. The molecule has 1 saturated heterocycles. The van der Waals surface area contributed by atoms with Gasteiger partial charge in [0, 0.05) is 31.4 Å². The summed E-state index contributed by atoms with van der Waals surface area (Å²) >= 11 is 0. The smallest absolute Gasteiger partial charge is 0.224 e. The Morgan fingerprint density at radius 1 is 1.29 bits per heavy atom. The average Bonchev–Trinajstić information content (AvgIpc) is 2.93. The van der Waals surface area contributed by atoms with Gasteiger partial charge in [0.2, 0.25) is 11.9 Å². The van der Waals surface area contributed by atoms with Gasteiger partial charge in [-0.25, -0.2) is 9.97 Å². The van der Waals surface area contributed by atoms with Crippen LogP contribution in [0.3, 0.4) is 0 Å². The van der Waals surface area contributed by atoms with Crippen LogP contribution in [0.25, 0.3) is 0 Å². The molecular formula is C18H22N4O2. The molecule has 6 heteroatoms. The van der Waals surface area contributed by atoms with E-state index in [-0.39, 0.29) is 11.9 Å². The van der Waals surface area contributed by atoms with E-state index in [4.69, 9.17) is 4.74 Å². The van der Waals surface area contributed by atoms with Crippen LogP contribution in [0, 0.1) is 6.92 Å². The SMILES string of the molecule is COc1ccc(CCN2C[C@@H](Nc3nccc(C)n3)CC2=O)cc1. The monoisotopic (exact) mass is 326 g/mol. The quantitative estimate of drug-likeness (QED) is 0.880. The lowest BCUT2D eigenvalue weighted by Gasteiger charge is -2.17. The van der Waals surface area contributed by atoms with E-state index in [1.54, 1.807) is 13.3 Å². The maximum absolute atomic E-state index is 12.2. The van der Waals surface area contributed by atoms with Crippen LogP contribution in [0.1, 0.15) is 17.7 Å². The number of benzene rings is 1. The highest BCUT2D eigenvalue weighted by Crippen LogP contribution is 2.17. The first-order valence-electron chi connectivity index (χ1n) is 8.11. The van der Waals surface area contributed by atoms with Gasteiger partial charge in [0.15, 0.2) is 0 Å². The number of carbonyl (C=O) groups excluding carboxylic acids is 1. The number of anilines is 1. The lowest BCUT2D eigenvalue weighted by atomic mass is 10.1. The van der Waals surface area contributed by atoms with E-state index in [2.05, 4.69) is 15.3 Å². The van der Waals surface area contributed by atoms with Gasteiger partial charge in [-0.15, -0.1) is 0 Å². The first kappa shape index (κ1) is 16.2. The van der Waals surface area contributed by atoms with Crippen molar-refractivity contribution in [3.63, 3.8) is 0 Å². The van der Waals surface area contributed by atoms with E-state index in [0.29, 0.717) is 18.9 Å². The Bertz CT molecular complexity index is 702. The zero-order valence-corrected chi connectivity index (χ0v) is 14.0. The fourth-order valence-electron chi connectivity index (χ4n) is 2.84. The third kappa shape index (κ3) is 4.01. The molecule has 0 unspecified atom stereocenters. The van der Waals surface area contributed by atoms with Crippen LogP contribution in [0.5, 0.6) is 5.75 Å². The van der Waals surface area contributed by atoms with E-state index >= 15 is 0 Å². The molecule has 0 radical (unpaired) electrons. The van der Waals surface area contributed by atoms with E-state index in [9.17, 15) is 4.79 Å². The van der Waals surface area contributed by atoms with Crippen LogP contribution in [-0.2, 0) is 11.2 Å². The minimum atomic E-state index is 0.0650. The fraction of sp³-hybridized carbons (Fsp3) is 0.389. The molecular weight excluding hydrogens is 304 g/mol. The number of aryl methyl sites for hydroxylation is 1. The molecule has 2 heterocycles. The van der Waals surface area contributed by atoms with Crippen molar-refractivity contribution >= 4 is 11.9 Å². The van der Waals surface area contributed by atoms with Crippen molar-refractivity contribution in [3.8, 4) is 5.75 Å². The number of ether oxygens (including phenoxy) is 1. The van der Waals surface area contributed by atoms with Crippen LogP contribution in [-0.4, -0.2) is 47.0 Å². The molecule has 0 spiro atoms. The molecule has 1 aliphatic rings. The van der Waals surface area contributed by atoms with Crippen LogP contribution in [0.2, 0.25) is 0 Å². The number of methoxy groups -OCH3 is 1. The Kier molecular flexibility index (Phi) is 4.93. The third-order valence-corrected chi connectivity index (χ3v) is 4.17. The topological polar surface area (TPSA) is 67.3 Å². The molecule has 0 aliphatic carbocycles. The average molecular weight is 326 g/mol. The molecule has 24 heavy (non-hydrogen) atoms. The lowest BCUT2D eigenvalue weighted by Crippen LogP contribution is -2.30. The zero-order chi connectivity index (χ0) is 16.9. The number of rotatable bonds is 6. The molecule has 1 atom stereocenters. The molecule has 3 rings (SSSR count). The Hall–Kier alpha value is -2.63. The molecule has 1 aromatic heterocycles.